The maximum atomic E-state index is 12.7. The predicted octanol–water partition coefficient (Wildman–Crippen LogP) is 2.20. The Balaban J connectivity index is 1.52. The molecule has 2 amide bonds. The van der Waals surface area contributed by atoms with Crippen LogP contribution in [-0.2, 0) is 6.54 Å². The van der Waals surface area contributed by atoms with Gasteiger partial charge in [-0.25, -0.2) is 4.79 Å². The van der Waals surface area contributed by atoms with Gasteiger partial charge in [0.1, 0.15) is 6.54 Å². The molecule has 0 aromatic carbocycles. The van der Waals surface area contributed by atoms with Gasteiger partial charge in [0, 0.05) is 18.7 Å². The molecule has 1 aliphatic heterocycles. The second-order valence-electron chi connectivity index (χ2n) is 6.57. The lowest BCUT2D eigenvalue weighted by Crippen LogP contribution is -2.35. The van der Waals surface area contributed by atoms with Crippen LogP contribution in [0.15, 0.2) is 6.20 Å². The molecule has 9 nitrogen and oxygen atoms in total. The normalized spacial score (nSPS) is 20.6. The minimum atomic E-state index is -4.37. The lowest BCUT2D eigenvalue weighted by atomic mass is 10.2. The molecule has 2 aromatic rings. The van der Waals surface area contributed by atoms with E-state index in [0.717, 1.165) is 23.9 Å². The zero-order chi connectivity index (χ0) is 18.3. The zero-order valence-electron chi connectivity index (χ0n) is 13.7. The molecule has 12 heteroatoms. The largest absolute Gasteiger partial charge is 0.408 e. The summed E-state index contributed by atoms with van der Waals surface area (Å²) in [5.41, 5.74) is 0.846. The first-order valence-corrected chi connectivity index (χ1v) is 8.36. The topological polar surface area (TPSA) is 105 Å². The van der Waals surface area contributed by atoms with Crippen LogP contribution in [0, 0.1) is 0 Å². The van der Waals surface area contributed by atoms with Crippen molar-refractivity contribution in [3.05, 3.63) is 17.7 Å². The number of amides is 2. The van der Waals surface area contributed by atoms with E-state index >= 15 is 0 Å². The van der Waals surface area contributed by atoms with Crippen molar-refractivity contribution in [2.24, 2.45) is 0 Å². The predicted molar refractivity (Wildman–Crippen MR) is 82.1 cm³/mol. The van der Waals surface area contributed by atoms with E-state index in [1.165, 1.54) is 6.20 Å². The minimum absolute atomic E-state index is 0.103. The monoisotopic (exact) mass is 370 g/mol. The van der Waals surface area contributed by atoms with Crippen molar-refractivity contribution in [3.8, 4) is 0 Å². The number of tetrazole rings is 1. The summed E-state index contributed by atoms with van der Waals surface area (Å²) in [6, 6.07) is -0.700. The van der Waals surface area contributed by atoms with Crippen LogP contribution in [0.1, 0.15) is 49.2 Å². The highest BCUT2D eigenvalue weighted by Crippen LogP contribution is 2.43. The Morgan fingerprint density at radius 2 is 2.15 bits per heavy atom. The summed E-state index contributed by atoms with van der Waals surface area (Å²) in [6.45, 7) is -0.668. The number of aromatic amines is 1. The van der Waals surface area contributed by atoms with Crippen molar-refractivity contribution in [1.29, 1.82) is 0 Å². The second-order valence-corrected chi connectivity index (χ2v) is 6.57. The van der Waals surface area contributed by atoms with E-state index in [9.17, 15) is 18.0 Å². The van der Waals surface area contributed by atoms with E-state index in [1.54, 1.807) is 4.90 Å². The third kappa shape index (κ3) is 3.48. The first-order chi connectivity index (χ1) is 12.4. The maximum absolute atomic E-state index is 12.7. The number of carbonyl (C=O) groups is 1. The number of aromatic nitrogens is 6. The van der Waals surface area contributed by atoms with Crippen LogP contribution >= 0.6 is 0 Å². The number of H-pyrrole nitrogens is 1. The van der Waals surface area contributed by atoms with Crippen LogP contribution in [0.2, 0.25) is 0 Å². The Kier molecular flexibility index (Phi) is 4.04. The van der Waals surface area contributed by atoms with Crippen LogP contribution < -0.4 is 5.32 Å². The highest BCUT2D eigenvalue weighted by molar-refractivity contribution is 5.90. The van der Waals surface area contributed by atoms with Crippen LogP contribution in [0.4, 0.5) is 23.7 Å². The molecule has 1 saturated carbocycles. The van der Waals surface area contributed by atoms with Gasteiger partial charge < -0.3 is 10.2 Å². The number of alkyl halides is 3. The van der Waals surface area contributed by atoms with Crippen molar-refractivity contribution in [2.45, 2.75) is 50.4 Å². The van der Waals surface area contributed by atoms with Crippen molar-refractivity contribution in [2.75, 3.05) is 11.9 Å². The molecule has 1 aliphatic carbocycles. The van der Waals surface area contributed by atoms with Gasteiger partial charge in [0.15, 0.2) is 5.82 Å². The number of nitrogens with one attached hydrogen (secondary N) is 2. The summed E-state index contributed by atoms with van der Waals surface area (Å²) >= 11 is 0. The molecule has 2 N–H and O–H groups in total. The molecular formula is C14H17F3N8O. The smallest absolute Gasteiger partial charge is 0.314 e. The van der Waals surface area contributed by atoms with Gasteiger partial charge in [-0.3, -0.25) is 4.68 Å². The number of urea groups is 1. The van der Waals surface area contributed by atoms with Gasteiger partial charge in [0.2, 0.25) is 0 Å². The van der Waals surface area contributed by atoms with Gasteiger partial charge in [0.25, 0.3) is 0 Å². The third-order valence-electron chi connectivity index (χ3n) is 4.51. The summed E-state index contributed by atoms with van der Waals surface area (Å²) in [5.74, 6) is 0.527. The number of halogens is 3. The minimum Gasteiger partial charge on any atom is -0.314 e. The number of hydrogen-bond donors (Lipinski definition) is 2. The van der Waals surface area contributed by atoms with Gasteiger partial charge in [-0.15, -0.1) is 10.2 Å². The molecule has 2 aliphatic rings. The fourth-order valence-electron chi connectivity index (χ4n) is 3.23. The number of rotatable bonds is 4. The first kappa shape index (κ1) is 16.8. The number of likely N-dealkylation sites (tertiary alicyclic amines) is 1. The van der Waals surface area contributed by atoms with Crippen molar-refractivity contribution >= 4 is 11.7 Å². The molecule has 140 valence electrons. The quantitative estimate of drug-likeness (QED) is 0.859. The molecule has 2 aromatic heterocycles. The Hall–Kier alpha value is -2.66. The van der Waals surface area contributed by atoms with Crippen LogP contribution in [0.5, 0.6) is 0 Å². The Labute approximate surface area is 145 Å². The standard InChI is InChI=1S/C14H17F3N8O/c15-14(16,17)7-24-6-9(11(21-24)8-3-4-8)18-13(26)25-5-1-2-10(25)12-19-22-23-20-12/h6,8,10H,1-5,7H2,(H,18,26)(H,19,20,22,23). The number of anilines is 1. The summed E-state index contributed by atoms with van der Waals surface area (Å²) in [6.07, 6.45) is 0.0959. The van der Waals surface area contributed by atoms with E-state index in [1.807, 2.05) is 0 Å². The van der Waals surface area contributed by atoms with Gasteiger partial charge >= 0.3 is 12.2 Å². The van der Waals surface area contributed by atoms with Crippen LogP contribution in [0.25, 0.3) is 0 Å². The number of hydrogen-bond acceptors (Lipinski definition) is 5. The molecule has 0 spiro atoms. The maximum Gasteiger partial charge on any atom is 0.408 e. The Morgan fingerprint density at radius 1 is 1.35 bits per heavy atom. The van der Waals surface area contributed by atoms with Gasteiger partial charge in [-0.2, -0.15) is 23.5 Å². The number of nitrogens with zero attached hydrogens (tertiary/aromatic N) is 6. The van der Waals surface area contributed by atoms with E-state index < -0.39 is 18.8 Å². The molecule has 0 radical (unpaired) electrons. The Bertz CT molecular complexity index is 783. The summed E-state index contributed by atoms with van der Waals surface area (Å²) in [7, 11) is 0. The average Bonchev–Trinajstić information content (AvgIpc) is 2.99. The highest BCUT2D eigenvalue weighted by Gasteiger charge is 2.36. The average molecular weight is 370 g/mol. The van der Waals surface area contributed by atoms with Gasteiger partial charge in [0.05, 0.1) is 17.4 Å². The van der Waals surface area contributed by atoms with Crippen LogP contribution in [-0.4, -0.2) is 54.1 Å². The van der Waals surface area contributed by atoms with E-state index in [-0.39, 0.29) is 12.0 Å². The second kappa shape index (κ2) is 6.25. The summed E-state index contributed by atoms with van der Waals surface area (Å²) in [5, 5.41) is 20.5. The zero-order valence-corrected chi connectivity index (χ0v) is 13.7. The van der Waals surface area contributed by atoms with Gasteiger partial charge in [-0.1, -0.05) is 5.21 Å². The molecule has 2 fully saturated rings. The Morgan fingerprint density at radius 3 is 2.81 bits per heavy atom. The molecular weight excluding hydrogens is 353 g/mol. The highest BCUT2D eigenvalue weighted by atomic mass is 19.4. The van der Waals surface area contributed by atoms with E-state index in [4.69, 9.17) is 0 Å². The van der Waals surface area contributed by atoms with Gasteiger partial charge in [-0.05, 0) is 25.7 Å². The lowest BCUT2D eigenvalue weighted by Gasteiger charge is -2.22. The molecule has 26 heavy (non-hydrogen) atoms. The molecule has 1 saturated heterocycles. The van der Waals surface area contributed by atoms with Crippen molar-refractivity contribution in [3.63, 3.8) is 0 Å². The number of carbonyl (C=O) groups excluding carboxylic acids is 1. The SMILES string of the molecule is O=C(Nc1cn(CC(F)(F)F)nc1C1CC1)N1CCCC1c1nn[nH]n1. The third-order valence-corrected chi connectivity index (χ3v) is 4.51. The summed E-state index contributed by atoms with van der Waals surface area (Å²) in [4.78, 5) is 14.3. The molecule has 1 unspecified atom stereocenters. The fourth-order valence-corrected chi connectivity index (χ4v) is 3.23. The first-order valence-electron chi connectivity index (χ1n) is 8.36. The van der Waals surface area contributed by atoms with E-state index in [0.29, 0.717) is 30.2 Å². The summed E-state index contributed by atoms with van der Waals surface area (Å²) < 4.78 is 38.7. The van der Waals surface area contributed by atoms with Crippen molar-refractivity contribution < 1.29 is 18.0 Å². The molecule has 3 heterocycles. The molecule has 4 rings (SSSR count). The fraction of sp³-hybridized carbons (Fsp3) is 0.643. The van der Waals surface area contributed by atoms with Crippen LogP contribution in [0.3, 0.4) is 0 Å². The van der Waals surface area contributed by atoms with E-state index in [2.05, 4.69) is 31.0 Å². The molecule has 0 bridgehead atoms. The van der Waals surface area contributed by atoms with Crippen molar-refractivity contribution in [1.82, 2.24) is 35.3 Å². The lowest BCUT2D eigenvalue weighted by molar-refractivity contribution is -0.142. The molecule has 1 atom stereocenters.